The number of carbonyl (C=O) groups excluding carboxylic acids is 4. The van der Waals surface area contributed by atoms with Gasteiger partial charge in [0, 0.05) is 35.9 Å². The highest BCUT2D eigenvalue weighted by molar-refractivity contribution is 7.90. The van der Waals surface area contributed by atoms with Crippen molar-refractivity contribution in [2.75, 3.05) is 20.4 Å². The first-order valence-electron chi connectivity index (χ1n) is 20.5. The molecule has 3 aromatic carbocycles. The quantitative estimate of drug-likeness (QED) is 0.146. The minimum absolute atomic E-state index is 0.0457. The molecule has 0 saturated carbocycles. The van der Waals surface area contributed by atoms with Gasteiger partial charge >= 0.3 is 6.09 Å². The van der Waals surface area contributed by atoms with E-state index in [0.29, 0.717) is 50.7 Å². The number of fused-ring (bicyclic) bond motifs is 2. The van der Waals surface area contributed by atoms with Crippen molar-refractivity contribution in [3.63, 3.8) is 0 Å². The van der Waals surface area contributed by atoms with E-state index in [1.807, 2.05) is 12.1 Å². The Morgan fingerprint density at radius 1 is 1.00 bits per heavy atom. The van der Waals surface area contributed by atoms with Crippen molar-refractivity contribution >= 4 is 44.7 Å². The number of nitrogens with zero attached hydrogens (tertiary/aromatic N) is 2. The van der Waals surface area contributed by atoms with Gasteiger partial charge in [-0.3, -0.25) is 14.4 Å². The highest BCUT2D eigenvalue weighted by Gasteiger charge is 2.49. The average molecular weight is 882 g/mol. The molecule has 16 nitrogen and oxygen atoms in total. The van der Waals surface area contributed by atoms with Crippen LogP contribution in [0, 0.1) is 5.92 Å². The molecule has 3 aliphatic rings. The number of carbonyl (C=O) groups is 4. The SMILES string of the molecule is C=CC1=CC[C@](NC(=O)[C@@H]2C[C@@H](Oc3cc(-c4ccc5c(c4)OCO5)nc4cc(OC)ccc34)CN2C(=O)[C@@H](NC(=O)OC(C)(C)C)C(C)C)(C(=O)NS(=O)(=O)c2ccccc2)C1. The Morgan fingerprint density at radius 3 is 2.43 bits per heavy atom. The highest BCUT2D eigenvalue weighted by Crippen LogP contribution is 2.39. The molecule has 0 radical (unpaired) electrons. The summed E-state index contributed by atoms with van der Waals surface area (Å²) in [7, 11) is -2.79. The van der Waals surface area contributed by atoms with Gasteiger partial charge in [-0.2, -0.15) is 0 Å². The molecule has 63 heavy (non-hydrogen) atoms. The van der Waals surface area contributed by atoms with E-state index >= 15 is 0 Å². The molecule has 17 heteroatoms. The fourth-order valence-corrected chi connectivity index (χ4v) is 8.83. The lowest BCUT2D eigenvalue weighted by atomic mass is 9.93. The van der Waals surface area contributed by atoms with Crippen LogP contribution in [-0.2, 0) is 29.1 Å². The van der Waals surface area contributed by atoms with Crippen LogP contribution in [0.15, 0.2) is 102 Å². The first-order valence-corrected chi connectivity index (χ1v) is 22.0. The number of benzene rings is 3. The lowest BCUT2D eigenvalue weighted by Gasteiger charge is -2.34. The number of methoxy groups -OCH3 is 1. The number of allylic oxidation sites excluding steroid dienone is 1. The fraction of sp³-hybridized carbons (Fsp3) is 0.370. The highest BCUT2D eigenvalue weighted by atomic mass is 32.2. The van der Waals surface area contributed by atoms with Crippen molar-refractivity contribution in [1.82, 2.24) is 25.2 Å². The van der Waals surface area contributed by atoms with E-state index in [9.17, 15) is 27.6 Å². The summed E-state index contributed by atoms with van der Waals surface area (Å²) in [5, 5.41) is 6.17. The average Bonchev–Trinajstić information content (AvgIpc) is 4.01. The third-order valence-corrected chi connectivity index (χ3v) is 12.3. The molecule has 3 N–H and O–H groups in total. The Bertz CT molecular complexity index is 2590. The number of alkyl carbamates (subject to hydrolysis) is 1. The maximum Gasteiger partial charge on any atom is 0.408 e. The molecule has 4 aromatic rings. The van der Waals surface area contributed by atoms with Crippen molar-refractivity contribution in [2.24, 2.45) is 5.92 Å². The molecule has 1 fully saturated rings. The second kappa shape index (κ2) is 17.6. The molecule has 1 aliphatic carbocycles. The van der Waals surface area contributed by atoms with E-state index in [0.717, 1.165) is 0 Å². The summed E-state index contributed by atoms with van der Waals surface area (Å²) in [6.45, 7) is 12.4. The molecule has 332 valence electrons. The Labute approximate surface area is 366 Å². The lowest BCUT2D eigenvalue weighted by molar-refractivity contribution is -0.142. The zero-order valence-corrected chi connectivity index (χ0v) is 36.7. The van der Waals surface area contributed by atoms with Gasteiger partial charge in [0.15, 0.2) is 11.5 Å². The van der Waals surface area contributed by atoms with Gasteiger partial charge in [-0.1, -0.05) is 50.8 Å². The summed E-state index contributed by atoms with van der Waals surface area (Å²) in [4.78, 5) is 62.8. The Morgan fingerprint density at radius 2 is 1.75 bits per heavy atom. The number of pyridine rings is 1. The van der Waals surface area contributed by atoms with Crippen LogP contribution in [0.1, 0.15) is 53.9 Å². The van der Waals surface area contributed by atoms with Gasteiger partial charge in [0.05, 0.1) is 29.8 Å². The molecule has 1 saturated heterocycles. The Kier molecular flexibility index (Phi) is 12.4. The normalized spacial score (nSPS) is 19.9. The van der Waals surface area contributed by atoms with Crippen molar-refractivity contribution in [3.8, 4) is 34.3 Å². The number of amides is 4. The van der Waals surface area contributed by atoms with Gasteiger partial charge in [0.1, 0.15) is 40.8 Å². The molecular formula is C46H51N5O11S. The van der Waals surface area contributed by atoms with Crippen molar-refractivity contribution < 1.29 is 51.3 Å². The summed E-state index contributed by atoms with van der Waals surface area (Å²) in [6.07, 6.45) is 1.45. The van der Waals surface area contributed by atoms with Gasteiger partial charge in [-0.15, -0.1) is 0 Å². The predicted octanol–water partition coefficient (Wildman–Crippen LogP) is 5.80. The van der Waals surface area contributed by atoms with Gasteiger partial charge in [0.25, 0.3) is 15.9 Å². The zero-order valence-electron chi connectivity index (χ0n) is 35.9. The van der Waals surface area contributed by atoms with Crippen molar-refractivity contribution in [1.29, 1.82) is 0 Å². The molecule has 7 rings (SSSR count). The predicted molar refractivity (Wildman–Crippen MR) is 233 cm³/mol. The summed E-state index contributed by atoms with van der Waals surface area (Å²) < 4.78 is 57.8. The fourth-order valence-electron chi connectivity index (χ4n) is 7.76. The van der Waals surface area contributed by atoms with E-state index in [1.165, 1.54) is 35.2 Å². The standard InChI is InChI=1S/C46H51N5O11S/c1-8-28-18-19-46(24-28,43(54)50-63(56,57)32-12-10-9-11-13-32)49-41(52)36-22-31(25-51(36)42(53)40(27(2)3)48-44(55)62-45(4,5)6)61-38-23-34(29-14-17-37-39(20-29)60-26-59-37)47-35-21-30(58-7)15-16-33(35)38/h8-18,20-21,23,27,31,36,40H,1,19,22,24-26H2,2-7H3,(H,48,55)(H,49,52)(H,50,54)/t31-,36+,40+,46-/m1/s1. The maximum absolute atomic E-state index is 14.8. The molecule has 3 heterocycles. The smallest absolute Gasteiger partial charge is 0.408 e. The topological polar surface area (TPSA) is 201 Å². The zero-order chi connectivity index (χ0) is 45.3. The van der Waals surface area contributed by atoms with Crippen LogP contribution < -0.4 is 34.3 Å². The second-order valence-electron chi connectivity index (χ2n) is 17.0. The van der Waals surface area contributed by atoms with E-state index < -0.39 is 69.1 Å². The monoisotopic (exact) mass is 881 g/mol. The van der Waals surface area contributed by atoms with Crippen LogP contribution in [0.5, 0.6) is 23.0 Å². The lowest BCUT2D eigenvalue weighted by Crippen LogP contribution is -2.62. The van der Waals surface area contributed by atoms with Gasteiger partial charge in [-0.05, 0) is 81.1 Å². The van der Waals surface area contributed by atoms with E-state index in [2.05, 4.69) is 21.9 Å². The summed E-state index contributed by atoms with van der Waals surface area (Å²) in [5.74, 6) is -0.610. The largest absolute Gasteiger partial charge is 0.497 e. The first-order chi connectivity index (χ1) is 29.9. The second-order valence-corrected chi connectivity index (χ2v) is 18.7. The molecule has 4 atom stereocenters. The van der Waals surface area contributed by atoms with Crippen molar-refractivity contribution in [3.05, 3.63) is 97.1 Å². The van der Waals surface area contributed by atoms with E-state index in [4.69, 9.17) is 28.7 Å². The first kappa shape index (κ1) is 44.4. The minimum atomic E-state index is -4.34. The minimum Gasteiger partial charge on any atom is -0.497 e. The summed E-state index contributed by atoms with van der Waals surface area (Å²) in [5.41, 5.74) is -0.207. The number of sulfonamides is 1. The molecule has 0 bridgehead atoms. The summed E-state index contributed by atoms with van der Waals surface area (Å²) in [6, 6.07) is 17.6. The number of nitrogens with one attached hydrogen (secondary N) is 3. The van der Waals surface area contributed by atoms with Gasteiger partial charge in [0.2, 0.25) is 18.6 Å². The number of aromatic nitrogens is 1. The number of ether oxygens (including phenoxy) is 5. The number of hydrogen-bond acceptors (Lipinski definition) is 12. The molecule has 2 aliphatic heterocycles. The third kappa shape index (κ3) is 9.73. The number of hydrogen-bond donors (Lipinski definition) is 3. The van der Waals surface area contributed by atoms with Crippen LogP contribution in [0.4, 0.5) is 4.79 Å². The van der Waals surface area contributed by atoms with Gasteiger partial charge in [-0.25, -0.2) is 22.9 Å². The third-order valence-electron chi connectivity index (χ3n) is 11.0. The summed E-state index contributed by atoms with van der Waals surface area (Å²) >= 11 is 0. The Balaban J connectivity index is 1.23. The maximum atomic E-state index is 14.8. The molecular weight excluding hydrogens is 831 g/mol. The molecule has 0 spiro atoms. The Hall–Kier alpha value is -6.62. The van der Waals surface area contributed by atoms with Crippen LogP contribution in [0.25, 0.3) is 22.2 Å². The van der Waals surface area contributed by atoms with Crippen LogP contribution in [0.2, 0.25) is 0 Å². The van der Waals surface area contributed by atoms with Crippen LogP contribution in [-0.4, -0.2) is 91.9 Å². The van der Waals surface area contributed by atoms with Gasteiger partial charge < -0.3 is 39.2 Å². The number of likely N-dealkylation sites (tertiary alicyclic amines) is 1. The van der Waals surface area contributed by atoms with Crippen molar-refractivity contribution in [2.45, 2.75) is 88.1 Å². The van der Waals surface area contributed by atoms with Crippen LogP contribution in [0.3, 0.4) is 0 Å². The van der Waals surface area contributed by atoms with Crippen LogP contribution >= 0.6 is 0 Å². The molecule has 0 unspecified atom stereocenters. The molecule has 4 amide bonds. The molecule has 1 aromatic heterocycles. The number of rotatable bonds is 13. The van der Waals surface area contributed by atoms with E-state index in [-0.39, 0.29) is 37.5 Å². The van der Waals surface area contributed by atoms with E-state index in [1.54, 1.807) is 84.2 Å².